The van der Waals surface area contributed by atoms with Crippen LogP contribution in [-0.4, -0.2) is 17.4 Å². The van der Waals surface area contributed by atoms with Crippen LogP contribution in [0.25, 0.3) is 6.08 Å². The van der Waals surface area contributed by atoms with Gasteiger partial charge >= 0.3 is 0 Å². The van der Waals surface area contributed by atoms with Crippen molar-refractivity contribution in [1.29, 1.82) is 5.26 Å². The summed E-state index contributed by atoms with van der Waals surface area (Å²) in [5.41, 5.74) is 1.83. The van der Waals surface area contributed by atoms with Crippen molar-refractivity contribution in [2.75, 3.05) is 6.61 Å². The van der Waals surface area contributed by atoms with E-state index in [-0.39, 0.29) is 34.7 Å². The van der Waals surface area contributed by atoms with Gasteiger partial charge in [-0.25, -0.2) is 0 Å². The van der Waals surface area contributed by atoms with Gasteiger partial charge in [-0.2, -0.15) is 5.26 Å². The van der Waals surface area contributed by atoms with E-state index in [0.29, 0.717) is 23.5 Å². The Kier molecular flexibility index (Phi) is 9.03. The van der Waals surface area contributed by atoms with Gasteiger partial charge < -0.3 is 14.8 Å². The molecule has 0 heterocycles. The Morgan fingerprint density at radius 2 is 1.92 bits per heavy atom. The van der Waals surface area contributed by atoms with Crippen molar-refractivity contribution in [3.05, 3.63) is 104 Å². The number of nitro benzene ring substituents is 1. The van der Waals surface area contributed by atoms with Crippen molar-refractivity contribution >= 4 is 29.3 Å². The minimum atomic E-state index is -0.520. The zero-order valence-corrected chi connectivity index (χ0v) is 20.5. The lowest BCUT2D eigenvalue weighted by Gasteiger charge is -2.15. The molecule has 184 valence electrons. The van der Waals surface area contributed by atoms with Gasteiger partial charge in [0.15, 0.2) is 11.5 Å². The molecule has 0 saturated heterocycles. The second kappa shape index (κ2) is 12.4. The maximum atomic E-state index is 12.7. The molecule has 0 unspecified atom stereocenters. The first-order valence-electron chi connectivity index (χ1n) is 11.1. The Morgan fingerprint density at radius 1 is 1.17 bits per heavy atom. The summed E-state index contributed by atoms with van der Waals surface area (Å²) in [5.74, 6) is 0.0498. The van der Waals surface area contributed by atoms with Gasteiger partial charge in [-0.05, 0) is 48.7 Å². The van der Waals surface area contributed by atoms with Gasteiger partial charge in [0.1, 0.15) is 18.2 Å². The van der Waals surface area contributed by atoms with Crippen molar-refractivity contribution in [2.45, 2.75) is 26.5 Å². The number of carbonyl (C=O) groups excluding carboxylic acids is 1. The summed E-state index contributed by atoms with van der Waals surface area (Å²) in [4.78, 5) is 23.3. The Bertz CT molecular complexity index is 1320. The zero-order valence-electron chi connectivity index (χ0n) is 19.7. The summed E-state index contributed by atoms with van der Waals surface area (Å²) in [5, 5.41) is 23.6. The number of nitriles is 1. The van der Waals surface area contributed by atoms with Crippen molar-refractivity contribution in [2.24, 2.45) is 0 Å². The third-order valence-electron chi connectivity index (χ3n) is 5.16. The Hall–Kier alpha value is -4.35. The molecule has 0 bridgehead atoms. The zero-order chi connectivity index (χ0) is 26.1. The van der Waals surface area contributed by atoms with Crippen molar-refractivity contribution in [3.8, 4) is 17.6 Å². The van der Waals surface area contributed by atoms with Crippen LogP contribution in [0.1, 0.15) is 36.6 Å². The molecule has 3 rings (SSSR count). The second-order valence-corrected chi connectivity index (χ2v) is 8.16. The number of ether oxygens (including phenoxy) is 2. The van der Waals surface area contributed by atoms with Gasteiger partial charge in [-0.3, -0.25) is 14.9 Å². The number of nitro groups is 1. The number of hydrogen-bond acceptors (Lipinski definition) is 6. The summed E-state index contributed by atoms with van der Waals surface area (Å²) < 4.78 is 11.5. The lowest BCUT2D eigenvalue weighted by Crippen LogP contribution is -2.27. The molecule has 0 aromatic heterocycles. The van der Waals surface area contributed by atoms with Crippen LogP contribution in [0.3, 0.4) is 0 Å². The predicted octanol–water partition coefficient (Wildman–Crippen LogP) is 6.01. The lowest BCUT2D eigenvalue weighted by atomic mass is 10.1. The minimum absolute atomic E-state index is 0.0277. The highest BCUT2D eigenvalue weighted by Crippen LogP contribution is 2.38. The standard InChI is InChI=1S/C27H24ClN3O5/c1-3-35-25-15-20(12-22(16-29)27(32)30-18(2)21-9-5-4-6-10-21)14-24(28)26(25)36-17-19-8-7-11-23(13-19)31(33)34/h4-15,18H,3,17H2,1-2H3,(H,30,32)/b22-12-/t18-/m0/s1. The normalized spacial score (nSPS) is 11.8. The Balaban J connectivity index is 1.82. The number of nitrogens with one attached hydrogen (secondary N) is 1. The van der Waals surface area contributed by atoms with Crippen LogP contribution in [0.4, 0.5) is 5.69 Å². The van der Waals surface area contributed by atoms with Crippen molar-refractivity contribution in [3.63, 3.8) is 0 Å². The molecule has 0 spiro atoms. The summed E-state index contributed by atoms with van der Waals surface area (Å²) in [7, 11) is 0. The first-order chi connectivity index (χ1) is 17.3. The molecule has 1 N–H and O–H groups in total. The highest BCUT2D eigenvalue weighted by molar-refractivity contribution is 6.32. The average Bonchev–Trinajstić information content (AvgIpc) is 2.87. The molecular formula is C27H24ClN3O5. The van der Waals surface area contributed by atoms with Gasteiger partial charge in [-0.1, -0.05) is 54.1 Å². The van der Waals surface area contributed by atoms with Gasteiger partial charge in [0.05, 0.1) is 22.6 Å². The molecule has 3 aromatic carbocycles. The third-order valence-corrected chi connectivity index (χ3v) is 5.44. The summed E-state index contributed by atoms with van der Waals surface area (Å²) in [6.07, 6.45) is 1.42. The number of nitrogens with zero attached hydrogens (tertiary/aromatic N) is 2. The third kappa shape index (κ3) is 6.84. The van der Waals surface area contributed by atoms with Gasteiger partial charge in [-0.15, -0.1) is 0 Å². The number of amides is 1. The van der Waals surface area contributed by atoms with Crippen LogP contribution < -0.4 is 14.8 Å². The maximum Gasteiger partial charge on any atom is 0.269 e. The van der Waals surface area contributed by atoms with E-state index in [9.17, 15) is 20.2 Å². The van der Waals surface area contributed by atoms with Crippen LogP contribution in [0.15, 0.2) is 72.3 Å². The minimum Gasteiger partial charge on any atom is -0.490 e. The van der Waals surface area contributed by atoms with Gasteiger partial charge in [0.2, 0.25) is 0 Å². The number of carbonyl (C=O) groups is 1. The number of halogens is 1. The second-order valence-electron chi connectivity index (χ2n) is 7.75. The molecule has 0 saturated carbocycles. The fraction of sp³-hybridized carbons (Fsp3) is 0.185. The lowest BCUT2D eigenvalue weighted by molar-refractivity contribution is -0.384. The predicted molar refractivity (Wildman–Crippen MR) is 137 cm³/mol. The van der Waals surface area contributed by atoms with Crippen LogP contribution >= 0.6 is 11.6 Å². The fourth-order valence-corrected chi connectivity index (χ4v) is 3.68. The van der Waals surface area contributed by atoms with Crippen LogP contribution in [0.5, 0.6) is 11.5 Å². The van der Waals surface area contributed by atoms with Gasteiger partial charge in [0, 0.05) is 12.1 Å². The van der Waals surface area contributed by atoms with Crippen LogP contribution in [0.2, 0.25) is 5.02 Å². The topological polar surface area (TPSA) is 114 Å². The highest BCUT2D eigenvalue weighted by Gasteiger charge is 2.17. The quantitative estimate of drug-likeness (QED) is 0.156. The molecule has 9 heteroatoms. The Morgan fingerprint density at radius 3 is 2.58 bits per heavy atom. The van der Waals surface area contributed by atoms with E-state index in [2.05, 4.69) is 5.32 Å². The molecule has 1 atom stereocenters. The molecule has 0 radical (unpaired) electrons. The molecule has 3 aromatic rings. The molecule has 0 aliphatic carbocycles. The SMILES string of the molecule is CCOc1cc(/C=C(/C#N)C(=O)N[C@@H](C)c2ccccc2)cc(Cl)c1OCc1cccc([N+](=O)[O-])c1. The number of rotatable bonds is 10. The average molecular weight is 506 g/mol. The van der Waals surface area contributed by atoms with Crippen molar-refractivity contribution in [1.82, 2.24) is 5.32 Å². The maximum absolute atomic E-state index is 12.7. The highest BCUT2D eigenvalue weighted by atomic mass is 35.5. The molecule has 0 aliphatic heterocycles. The molecular weight excluding hydrogens is 482 g/mol. The van der Waals surface area contributed by atoms with Crippen molar-refractivity contribution < 1.29 is 19.2 Å². The number of non-ortho nitro benzene ring substituents is 1. The van der Waals surface area contributed by atoms with E-state index in [4.69, 9.17) is 21.1 Å². The van der Waals surface area contributed by atoms with E-state index in [1.807, 2.05) is 43.3 Å². The molecule has 0 fully saturated rings. The van der Waals surface area contributed by atoms with E-state index in [0.717, 1.165) is 5.56 Å². The largest absolute Gasteiger partial charge is 0.490 e. The van der Waals surface area contributed by atoms with Crippen LogP contribution in [0, 0.1) is 21.4 Å². The Labute approximate surface area is 213 Å². The molecule has 0 aliphatic rings. The number of benzene rings is 3. The molecule has 1 amide bonds. The first-order valence-corrected chi connectivity index (χ1v) is 11.5. The monoisotopic (exact) mass is 505 g/mol. The molecule has 8 nitrogen and oxygen atoms in total. The first kappa shape index (κ1) is 26.3. The summed E-state index contributed by atoms with van der Waals surface area (Å²) in [6, 6.07) is 20.3. The van der Waals surface area contributed by atoms with E-state index in [1.54, 1.807) is 31.2 Å². The van der Waals surface area contributed by atoms with Gasteiger partial charge in [0.25, 0.3) is 11.6 Å². The van der Waals surface area contributed by atoms with E-state index < -0.39 is 10.8 Å². The summed E-state index contributed by atoms with van der Waals surface area (Å²) in [6.45, 7) is 3.97. The van der Waals surface area contributed by atoms with E-state index >= 15 is 0 Å². The van der Waals surface area contributed by atoms with Crippen LogP contribution in [-0.2, 0) is 11.4 Å². The van der Waals surface area contributed by atoms with E-state index in [1.165, 1.54) is 18.2 Å². The number of hydrogen-bond donors (Lipinski definition) is 1. The smallest absolute Gasteiger partial charge is 0.269 e. The molecule has 36 heavy (non-hydrogen) atoms. The fourth-order valence-electron chi connectivity index (χ4n) is 3.40. The summed E-state index contributed by atoms with van der Waals surface area (Å²) >= 11 is 6.46.